The minimum Gasteiger partial charge on any atom is -0.493 e. The van der Waals surface area contributed by atoms with Crippen LogP contribution in [0, 0.1) is 5.92 Å². The van der Waals surface area contributed by atoms with Gasteiger partial charge in [0.15, 0.2) is 9.84 Å². The molecule has 0 saturated heterocycles. The Labute approximate surface area is 226 Å². The van der Waals surface area contributed by atoms with Crippen LogP contribution in [0.1, 0.15) is 113 Å². The lowest BCUT2D eigenvalue weighted by Crippen LogP contribution is -2.33. The lowest BCUT2D eigenvalue weighted by molar-refractivity contribution is 0.0375. The molecule has 2 heterocycles. The Hall–Kier alpha value is -2.61. The van der Waals surface area contributed by atoms with Crippen molar-refractivity contribution in [1.82, 2.24) is 4.57 Å². The standard InChI is InChI=1S/C28H35NO6S.C2H6/c1-5-6-19-13-22-25(15-24(19)34-12-11-18-7-8-18)36(32,33)17(4)21-14-23(28(31)35-16(2)3)27(30)29(26(21)22)20-9-10-20;1-2/h13-18,20H,5-12H2,1-4H3;1-2H3. The van der Waals surface area contributed by atoms with Gasteiger partial charge in [-0.05, 0) is 81.7 Å². The van der Waals surface area contributed by atoms with E-state index in [1.807, 2.05) is 19.9 Å². The summed E-state index contributed by atoms with van der Waals surface area (Å²) in [5.74, 6) is 0.624. The first-order valence-electron chi connectivity index (χ1n) is 14.2. The first-order chi connectivity index (χ1) is 18.1. The van der Waals surface area contributed by atoms with E-state index in [2.05, 4.69) is 6.92 Å². The Morgan fingerprint density at radius 3 is 2.37 bits per heavy atom. The molecule has 1 aliphatic heterocycles. The molecule has 2 aliphatic carbocycles. The SMILES string of the molecule is CC.CCCc1cc2c(cc1OCCC1CC1)S(=O)(=O)C(C)c1cc(C(=O)OC(C)C)c(=O)n(C3CC3)c1-2. The highest BCUT2D eigenvalue weighted by molar-refractivity contribution is 7.92. The second-order valence-corrected chi connectivity index (χ2v) is 12.9. The number of hydrogen-bond donors (Lipinski definition) is 0. The summed E-state index contributed by atoms with van der Waals surface area (Å²) in [6.45, 7) is 11.7. The summed E-state index contributed by atoms with van der Waals surface area (Å²) in [6, 6.07) is 4.97. The first kappa shape index (κ1) is 28.4. The van der Waals surface area contributed by atoms with Crippen LogP contribution < -0.4 is 10.3 Å². The van der Waals surface area contributed by atoms with Crippen LogP contribution in [0.25, 0.3) is 11.3 Å². The van der Waals surface area contributed by atoms with Crippen molar-refractivity contribution in [3.63, 3.8) is 0 Å². The normalized spacial score (nSPS) is 19.2. The van der Waals surface area contributed by atoms with Crippen LogP contribution >= 0.6 is 0 Å². The predicted molar refractivity (Wildman–Crippen MR) is 149 cm³/mol. The summed E-state index contributed by atoms with van der Waals surface area (Å²) in [6.07, 6.45) is 6.31. The molecule has 7 nitrogen and oxygen atoms in total. The molecule has 0 N–H and O–H groups in total. The van der Waals surface area contributed by atoms with Gasteiger partial charge in [-0.15, -0.1) is 0 Å². The first-order valence-corrected chi connectivity index (χ1v) is 15.7. The van der Waals surface area contributed by atoms with Crippen LogP contribution in [-0.2, 0) is 21.0 Å². The zero-order valence-electron chi connectivity index (χ0n) is 23.5. The number of aryl methyl sites for hydroxylation is 1. The van der Waals surface area contributed by atoms with Crippen molar-refractivity contribution >= 4 is 15.8 Å². The quantitative estimate of drug-likeness (QED) is 0.339. The Kier molecular flexibility index (Phi) is 8.40. The van der Waals surface area contributed by atoms with E-state index < -0.39 is 26.6 Å². The number of nitrogens with zero attached hydrogens (tertiary/aromatic N) is 1. The molecule has 0 bridgehead atoms. The molecule has 0 radical (unpaired) electrons. The zero-order chi connectivity index (χ0) is 27.8. The van der Waals surface area contributed by atoms with Gasteiger partial charge in [0.1, 0.15) is 11.3 Å². The summed E-state index contributed by atoms with van der Waals surface area (Å²) in [4.78, 5) is 26.6. The summed E-state index contributed by atoms with van der Waals surface area (Å²) < 4.78 is 40.6. The highest BCUT2D eigenvalue weighted by Crippen LogP contribution is 2.49. The summed E-state index contributed by atoms with van der Waals surface area (Å²) in [5, 5.41) is -0.910. The Bertz CT molecular complexity index is 1370. The van der Waals surface area contributed by atoms with Gasteiger partial charge in [-0.1, -0.05) is 40.0 Å². The third-order valence-electron chi connectivity index (χ3n) is 7.37. The number of carbonyl (C=O) groups is 1. The van der Waals surface area contributed by atoms with Gasteiger partial charge in [0.2, 0.25) is 0 Å². The van der Waals surface area contributed by atoms with Gasteiger partial charge >= 0.3 is 5.97 Å². The van der Waals surface area contributed by atoms with Crippen LogP contribution in [0.2, 0.25) is 0 Å². The van der Waals surface area contributed by atoms with Crippen LogP contribution in [0.3, 0.4) is 0 Å². The number of sulfone groups is 1. The molecule has 1 atom stereocenters. The van der Waals surface area contributed by atoms with Gasteiger partial charge in [-0.2, -0.15) is 0 Å². The van der Waals surface area contributed by atoms with Crippen molar-refractivity contribution in [2.24, 2.45) is 5.92 Å². The average molecular weight is 544 g/mol. The van der Waals surface area contributed by atoms with Crippen LogP contribution in [-0.4, -0.2) is 31.7 Å². The summed E-state index contributed by atoms with van der Waals surface area (Å²) in [5.41, 5.74) is 2.06. The number of benzene rings is 1. The molecule has 0 spiro atoms. The van der Waals surface area contributed by atoms with E-state index in [9.17, 15) is 18.0 Å². The smallest absolute Gasteiger partial charge is 0.344 e. The van der Waals surface area contributed by atoms with Crippen molar-refractivity contribution in [1.29, 1.82) is 0 Å². The number of ether oxygens (including phenoxy) is 2. The minimum absolute atomic E-state index is 0.0528. The summed E-state index contributed by atoms with van der Waals surface area (Å²) >= 11 is 0. The highest BCUT2D eigenvalue weighted by atomic mass is 32.2. The number of rotatable bonds is 9. The second-order valence-electron chi connectivity index (χ2n) is 10.7. The molecule has 0 amide bonds. The Morgan fingerprint density at radius 2 is 1.79 bits per heavy atom. The van der Waals surface area contributed by atoms with Crippen molar-refractivity contribution in [3.8, 4) is 17.0 Å². The van der Waals surface area contributed by atoms with Gasteiger partial charge in [0.05, 0.1) is 28.6 Å². The molecule has 38 heavy (non-hydrogen) atoms. The van der Waals surface area contributed by atoms with Crippen molar-refractivity contribution in [2.45, 2.75) is 109 Å². The zero-order valence-corrected chi connectivity index (χ0v) is 24.3. The van der Waals surface area contributed by atoms with E-state index in [1.165, 1.54) is 18.9 Å². The highest BCUT2D eigenvalue weighted by Gasteiger charge is 2.41. The van der Waals surface area contributed by atoms with E-state index in [-0.39, 0.29) is 22.6 Å². The van der Waals surface area contributed by atoms with Gasteiger partial charge in [-0.25, -0.2) is 13.2 Å². The lowest BCUT2D eigenvalue weighted by Gasteiger charge is -2.30. The maximum absolute atomic E-state index is 13.8. The number of fused-ring (bicyclic) bond motifs is 3. The molecule has 3 aliphatic rings. The molecule has 2 fully saturated rings. The maximum Gasteiger partial charge on any atom is 0.344 e. The molecule has 8 heteroatoms. The van der Waals surface area contributed by atoms with Crippen LogP contribution in [0.15, 0.2) is 27.9 Å². The second kappa shape index (κ2) is 11.2. The predicted octanol–water partition coefficient (Wildman–Crippen LogP) is 6.42. The van der Waals surface area contributed by atoms with E-state index in [0.29, 0.717) is 29.2 Å². The molecule has 1 unspecified atom stereocenters. The van der Waals surface area contributed by atoms with E-state index >= 15 is 0 Å². The Morgan fingerprint density at radius 1 is 1.11 bits per heavy atom. The Balaban J connectivity index is 0.00000164. The van der Waals surface area contributed by atoms with Crippen LogP contribution in [0.5, 0.6) is 5.75 Å². The molecule has 1 aromatic carbocycles. The summed E-state index contributed by atoms with van der Waals surface area (Å²) in [7, 11) is -3.77. The lowest BCUT2D eigenvalue weighted by atomic mass is 9.96. The van der Waals surface area contributed by atoms with Crippen LogP contribution in [0.4, 0.5) is 0 Å². The van der Waals surface area contributed by atoms with Crippen molar-refractivity contribution < 1.29 is 22.7 Å². The fraction of sp³-hybridized carbons (Fsp3) is 0.600. The number of esters is 1. The minimum atomic E-state index is -3.77. The number of hydrogen-bond acceptors (Lipinski definition) is 6. The van der Waals surface area contributed by atoms with Gasteiger partial charge in [0, 0.05) is 11.6 Å². The third-order valence-corrected chi connectivity index (χ3v) is 9.50. The number of aromatic nitrogens is 1. The molecule has 2 saturated carbocycles. The monoisotopic (exact) mass is 543 g/mol. The van der Waals surface area contributed by atoms with Gasteiger partial charge < -0.3 is 14.0 Å². The number of pyridine rings is 1. The molecule has 1 aromatic heterocycles. The average Bonchev–Trinajstić information content (AvgIpc) is 3.79. The fourth-order valence-electron chi connectivity index (χ4n) is 5.08. The maximum atomic E-state index is 13.8. The topological polar surface area (TPSA) is 91.7 Å². The molecular formula is C30H41NO6S. The van der Waals surface area contributed by atoms with E-state index in [4.69, 9.17) is 9.47 Å². The van der Waals surface area contributed by atoms with Crippen molar-refractivity contribution in [2.75, 3.05) is 6.61 Å². The van der Waals surface area contributed by atoms with Crippen molar-refractivity contribution in [3.05, 3.63) is 45.2 Å². The number of carbonyl (C=O) groups excluding carboxylic acids is 1. The van der Waals surface area contributed by atoms with Gasteiger partial charge in [-0.3, -0.25) is 4.79 Å². The van der Waals surface area contributed by atoms with E-state index in [0.717, 1.165) is 43.6 Å². The molecular weight excluding hydrogens is 502 g/mol. The molecule has 208 valence electrons. The van der Waals surface area contributed by atoms with Gasteiger partial charge in [0.25, 0.3) is 5.56 Å². The van der Waals surface area contributed by atoms with E-state index in [1.54, 1.807) is 31.4 Å². The third kappa shape index (κ3) is 5.42. The largest absolute Gasteiger partial charge is 0.493 e. The molecule has 2 aromatic rings. The molecule has 5 rings (SSSR count). The fourth-order valence-corrected chi connectivity index (χ4v) is 6.71.